The minimum atomic E-state index is -0.652. The van der Waals surface area contributed by atoms with E-state index in [-0.39, 0.29) is 0 Å². The van der Waals surface area contributed by atoms with E-state index in [0.717, 1.165) is 12.8 Å². The molecule has 0 atom stereocenters. The van der Waals surface area contributed by atoms with Gasteiger partial charge in [-0.25, -0.2) is 0 Å². The standard InChI is InChI=1S/C25H51NO2/c1-4-26(5-2,6-3)24-22-20-18-16-14-12-10-8-7-9-11-13-15-17-19-21-23-25(27)28/h4-24H2,1-3H3/p+1. The third-order valence-corrected chi connectivity index (χ3v) is 6.79. The second-order valence-electron chi connectivity index (χ2n) is 8.81. The molecule has 0 aromatic rings. The SMILES string of the molecule is CC[N+](CC)(CC)CCCCCCCCCCCCCCCCCCC(=O)O. The molecule has 0 aliphatic carbocycles. The van der Waals surface area contributed by atoms with Gasteiger partial charge in [-0.15, -0.1) is 0 Å². The number of quaternary nitrogens is 1. The summed E-state index contributed by atoms with van der Waals surface area (Å²) < 4.78 is 1.31. The maximum Gasteiger partial charge on any atom is 0.303 e. The molecule has 3 nitrogen and oxygen atoms in total. The molecule has 0 fully saturated rings. The number of unbranched alkanes of at least 4 members (excludes halogenated alkanes) is 15. The van der Waals surface area contributed by atoms with E-state index in [9.17, 15) is 4.79 Å². The molecule has 0 unspecified atom stereocenters. The molecule has 3 heteroatoms. The Kier molecular flexibility index (Phi) is 19.3. The van der Waals surface area contributed by atoms with Crippen molar-refractivity contribution in [1.82, 2.24) is 0 Å². The predicted octanol–water partition coefficient (Wildman–Crippen LogP) is 7.58. The molecule has 0 rings (SSSR count). The summed E-state index contributed by atoms with van der Waals surface area (Å²) in [6, 6.07) is 0. The Morgan fingerprint density at radius 1 is 0.536 bits per heavy atom. The number of hydrogen-bond donors (Lipinski definition) is 1. The van der Waals surface area contributed by atoms with E-state index in [1.54, 1.807) is 0 Å². The Morgan fingerprint density at radius 3 is 1.11 bits per heavy atom. The number of carbonyl (C=O) groups is 1. The lowest BCUT2D eigenvalue weighted by molar-refractivity contribution is -0.923. The largest absolute Gasteiger partial charge is 0.481 e. The first-order chi connectivity index (χ1) is 13.6. The van der Waals surface area contributed by atoms with Gasteiger partial charge in [-0.05, 0) is 40.0 Å². The third-order valence-electron chi connectivity index (χ3n) is 6.79. The van der Waals surface area contributed by atoms with Crippen molar-refractivity contribution in [3.63, 3.8) is 0 Å². The Labute approximate surface area is 176 Å². The fourth-order valence-electron chi connectivity index (χ4n) is 4.34. The van der Waals surface area contributed by atoms with Crippen LogP contribution in [0.25, 0.3) is 0 Å². The molecule has 28 heavy (non-hydrogen) atoms. The van der Waals surface area contributed by atoms with E-state index in [0.29, 0.717) is 6.42 Å². The number of carboxylic acids is 1. The topological polar surface area (TPSA) is 37.3 Å². The van der Waals surface area contributed by atoms with Crippen LogP contribution in [0, 0.1) is 0 Å². The first kappa shape index (κ1) is 27.4. The third kappa shape index (κ3) is 16.4. The van der Waals surface area contributed by atoms with E-state index in [1.165, 1.54) is 121 Å². The number of aliphatic carboxylic acids is 1. The summed E-state index contributed by atoms with van der Waals surface area (Å²) in [4.78, 5) is 10.4. The van der Waals surface area contributed by atoms with Crippen LogP contribution in [0.5, 0.6) is 0 Å². The van der Waals surface area contributed by atoms with Gasteiger partial charge in [0.15, 0.2) is 0 Å². The minimum absolute atomic E-state index is 0.344. The summed E-state index contributed by atoms with van der Waals surface area (Å²) >= 11 is 0. The average Bonchev–Trinajstić information content (AvgIpc) is 2.70. The highest BCUT2D eigenvalue weighted by Crippen LogP contribution is 2.15. The van der Waals surface area contributed by atoms with Crippen LogP contribution in [0.2, 0.25) is 0 Å². The van der Waals surface area contributed by atoms with E-state index >= 15 is 0 Å². The lowest BCUT2D eigenvalue weighted by Gasteiger charge is -2.35. The molecule has 0 aliphatic heterocycles. The number of hydrogen-bond acceptors (Lipinski definition) is 1. The van der Waals surface area contributed by atoms with Crippen molar-refractivity contribution in [2.75, 3.05) is 26.2 Å². The van der Waals surface area contributed by atoms with E-state index in [1.807, 2.05) is 0 Å². The maximum absolute atomic E-state index is 10.4. The fraction of sp³-hybridized carbons (Fsp3) is 0.960. The zero-order chi connectivity index (χ0) is 20.9. The zero-order valence-electron chi connectivity index (χ0n) is 19.7. The van der Waals surface area contributed by atoms with Crippen molar-refractivity contribution in [3.8, 4) is 0 Å². The lowest BCUT2D eigenvalue weighted by Crippen LogP contribution is -2.48. The van der Waals surface area contributed by atoms with Crippen LogP contribution < -0.4 is 0 Å². The molecule has 0 amide bonds. The number of carboxylic acid groups (broad SMARTS) is 1. The van der Waals surface area contributed by atoms with E-state index in [4.69, 9.17) is 5.11 Å². The number of nitrogens with zero attached hydrogens (tertiary/aromatic N) is 1. The highest BCUT2D eigenvalue weighted by atomic mass is 16.4. The molecule has 0 radical (unpaired) electrons. The molecule has 1 N–H and O–H groups in total. The van der Waals surface area contributed by atoms with Gasteiger partial charge in [0.05, 0.1) is 26.2 Å². The van der Waals surface area contributed by atoms with Crippen molar-refractivity contribution in [2.24, 2.45) is 0 Å². The molecule has 0 saturated heterocycles. The van der Waals surface area contributed by atoms with Crippen LogP contribution in [-0.4, -0.2) is 41.7 Å². The van der Waals surface area contributed by atoms with Crippen molar-refractivity contribution >= 4 is 5.97 Å². The molecule has 0 aromatic carbocycles. The highest BCUT2D eigenvalue weighted by molar-refractivity contribution is 5.66. The lowest BCUT2D eigenvalue weighted by atomic mass is 10.0. The molecule has 0 aliphatic rings. The van der Waals surface area contributed by atoms with Crippen LogP contribution >= 0.6 is 0 Å². The van der Waals surface area contributed by atoms with Crippen LogP contribution in [0.4, 0.5) is 0 Å². The van der Waals surface area contributed by atoms with Gasteiger partial charge in [0.1, 0.15) is 0 Å². The monoisotopic (exact) mass is 398 g/mol. The van der Waals surface area contributed by atoms with Crippen LogP contribution in [0.3, 0.4) is 0 Å². The number of rotatable bonds is 22. The van der Waals surface area contributed by atoms with Crippen molar-refractivity contribution in [3.05, 3.63) is 0 Å². The molecule has 168 valence electrons. The molecular formula is C25H52NO2+. The molecule has 0 aromatic heterocycles. The van der Waals surface area contributed by atoms with Crippen LogP contribution in [0.1, 0.15) is 130 Å². The summed E-state index contributed by atoms with van der Waals surface area (Å²) in [6.45, 7) is 12.3. The Hall–Kier alpha value is -0.570. The Morgan fingerprint density at radius 2 is 0.821 bits per heavy atom. The summed E-state index contributed by atoms with van der Waals surface area (Å²) in [7, 11) is 0. The quantitative estimate of drug-likeness (QED) is 0.151. The van der Waals surface area contributed by atoms with Gasteiger partial charge in [0.2, 0.25) is 0 Å². The predicted molar refractivity (Wildman–Crippen MR) is 123 cm³/mol. The van der Waals surface area contributed by atoms with Gasteiger partial charge in [-0.2, -0.15) is 0 Å². The highest BCUT2D eigenvalue weighted by Gasteiger charge is 2.19. The molecule has 0 heterocycles. The van der Waals surface area contributed by atoms with Gasteiger partial charge in [-0.1, -0.05) is 83.5 Å². The second-order valence-corrected chi connectivity index (χ2v) is 8.81. The second kappa shape index (κ2) is 19.7. The average molecular weight is 399 g/mol. The maximum atomic E-state index is 10.4. The van der Waals surface area contributed by atoms with Gasteiger partial charge in [0, 0.05) is 6.42 Å². The summed E-state index contributed by atoms with van der Waals surface area (Å²) in [5, 5.41) is 8.59. The first-order valence-electron chi connectivity index (χ1n) is 12.7. The van der Waals surface area contributed by atoms with Gasteiger partial charge < -0.3 is 9.59 Å². The first-order valence-corrected chi connectivity index (χ1v) is 12.7. The fourth-order valence-corrected chi connectivity index (χ4v) is 4.34. The Bertz CT molecular complexity index is 331. The molecular weight excluding hydrogens is 346 g/mol. The smallest absolute Gasteiger partial charge is 0.303 e. The molecule has 0 spiro atoms. The van der Waals surface area contributed by atoms with E-state index < -0.39 is 5.97 Å². The Balaban J connectivity index is 3.21. The van der Waals surface area contributed by atoms with Gasteiger partial charge in [0.25, 0.3) is 0 Å². The van der Waals surface area contributed by atoms with Crippen LogP contribution in [0.15, 0.2) is 0 Å². The zero-order valence-corrected chi connectivity index (χ0v) is 19.7. The van der Waals surface area contributed by atoms with Crippen LogP contribution in [-0.2, 0) is 4.79 Å². The van der Waals surface area contributed by atoms with E-state index in [2.05, 4.69) is 20.8 Å². The van der Waals surface area contributed by atoms with Crippen molar-refractivity contribution in [1.29, 1.82) is 0 Å². The van der Waals surface area contributed by atoms with Gasteiger partial charge >= 0.3 is 5.97 Å². The summed E-state index contributed by atoms with van der Waals surface area (Å²) in [5.74, 6) is -0.652. The molecule has 0 bridgehead atoms. The normalized spacial score (nSPS) is 11.8. The minimum Gasteiger partial charge on any atom is -0.481 e. The van der Waals surface area contributed by atoms with Crippen molar-refractivity contribution < 1.29 is 14.4 Å². The summed E-state index contributed by atoms with van der Waals surface area (Å²) in [6.07, 6.45) is 21.7. The van der Waals surface area contributed by atoms with Crippen molar-refractivity contribution in [2.45, 2.75) is 130 Å². The summed E-state index contributed by atoms with van der Waals surface area (Å²) in [5.41, 5.74) is 0. The molecule has 0 saturated carbocycles. The van der Waals surface area contributed by atoms with Gasteiger partial charge in [-0.3, -0.25) is 4.79 Å².